The molecule has 4 rings (SSSR count). The van der Waals surface area contributed by atoms with E-state index in [2.05, 4.69) is 5.32 Å². The minimum atomic E-state index is -1.01. The number of carbonyl (C=O) groups excluding carboxylic acids is 3. The zero-order valence-corrected chi connectivity index (χ0v) is 23.5. The molecule has 1 unspecified atom stereocenters. The molecule has 1 amide bonds. The molecule has 8 heteroatoms. The smallest absolute Gasteiger partial charge is 0.305 e. The van der Waals surface area contributed by atoms with Crippen molar-refractivity contribution in [3.63, 3.8) is 0 Å². The third-order valence-corrected chi connectivity index (χ3v) is 7.80. The zero-order chi connectivity index (χ0) is 28.6. The molecule has 1 atom stereocenters. The molecule has 6 nitrogen and oxygen atoms in total. The minimum Gasteiger partial charge on any atom is -0.481 e. The summed E-state index contributed by atoms with van der Waals surface area (Å²) in [4.78, 5) is 50.2. The molecular weight excluding hydrogens is 549 g/mol. The number of hydrogen-bond acceptors (Lipinski definition) is 4. The maximum atomic E-state index is 13.7. The van der Waals surface area contributed by atoms with E-state index in [1.807, 2.05) is 24.3 Å². The highest BCUT2D eigenvalue weighted by atomic mass is 35.5. The van der Waals surface area contributed by atoms with Crippen molar-refractivity contribution in [3.8, 4) is 0 Å². The van der Waals surface area contributed by atoms with Crippen LogP contribution in [0.3, 0.4) is 0 Å². The lowest BCUT2D eigenvalue weighted by Crippen LogP contribution is -2.26. The van der Waals surface area contributed by atoms with Crippen LogP contribution in [0.1, 0.15) is 99.0 Å². The summed E-state index contributed by atoms with van der Waals surface area (Å²) in [5, 5.41) is 12.0. The molecule has 1 fully saturated rings. The van der Waals surface area contributed by atoms with E-state index >= 15 is 0 Å². The van der Waals surface area contributed by atoms with Crippen molar-refractivity contribution in [2.75, 3.05) is 6.54 Å². The molecule has 3 aromatic rings. The van der Waals surface area contributed by atoms with E-state index in [-0.39, 0.29) is 31.0 Å². The fourth-order valence-corrected chi connectivity index (χ4v) is 5.72. The number of carboxylic acids is 1. The number of carbonyl (C=O) groups is 4. The van der Waals surface area contributed by atoms with Crippen molar-refractivity contribution in [1.82, 2.24) is 5.32 Å². The number of aliphatic carboxylic acids is 1. The van der Waals surface area contributed by atoms with Gasteiger partial charge in [0.05, 0.1) is 12.3 Å². The average Bonchev–Trinajstić information content (AvgIpc) is 2.95. The highest BCUT2D eigenvalue weighted by Crippen LogP contribution is 2.33. The van der Waals surface area contributed by atoms with Gasteiger partial charge >= 0.3 is 5.97 Å². The van der Waals surface area contributed by atoms with Crippen LogP contribution in [0.15, 0.2) is 66.7 Å². The highest BCUT2D eigenvalue weighted by molar-refractivity contribution is 6.35. The third-order valence-electron chi connectivity index (χ3n) is 7.36. The molecule has 0 heterocycles. The molecule has 40 heavy (non-hydrogen) atoms. The quantitative estimate of drug-likeness (QED) is 0.229. The predicted octanol–water partition coefficient (Wildman–Crippen LogP) is 7.49. The number of carboxylic acid groups (broad SMARTS) is 1. The predicted molar refractivity (Wildman–Crippen MR) is 156 cm³/mol. The Morgan fingerprint density at radius 1 is 0.800 bits per heavy atom. The van der Waals surface area contributed by atoms with Crippen LogP contribution >= 0.6 is 23.2 Å². The van der Waals surface area contributed by atoms with Crippen molar-refractivity contribution >= 4 is 46.6 Å². The van der Waals surface area contributed by atoms with Crippen molar-refractivity contribution in [2.24, 2.45) is 0 Å². The van der Waals surface area contributed by atoms with E-state index < -0.39 is 17.8 Å². The molecule has 0 aliphatic heterocycles. The SMILES string of the molecule is O=C(O)CCNC(=O)c1ccc(C(CC(=O)c2ccc(C3CCCCC3)cc2)C(=O)c2cc(Cl)cc(Cl)c2)cc1. The summed E-state index contributed by atoms with van der Waals surface area (Å²) >= 11 is 12.3. The first-order valence-electron chi connectivity index (χ1n) is 13.4. The lowest BCUT2D eigenvalue weighted by Gasteiger charge is -2.22. The van der Waals surface area contributed by atoms with Gasteiger partial charge in [0, 0.05) is 39.7 Å². The number of nitrogens with one attached hydrogen (secondary N) is 1. The van der Waals surface area contributed by atoms with Gasteiger partial charge in [0.1, 0.15) is 0 Å². The Balaban J connectivity index is 1.56. The van der Waals surface area contributed by atoms with E-state index in [1.54, 1.807) is 24.3 Å². The number of hydrogen-bond donors (Lipinski definition) is 2. The molecule has 0 spiro atoms. The molecule has 1 aliphatic rings. The Morgan fingerprint density at radius 2 is 1.40 bits per heavy atom. The lowest BCUT2D eigenvalue weighted by atomic mass is 9.83. The first-order valence-corrected chi connectivity index (χ1v) is 14.2. The van der Waals surface area contributed by atoms with E-state index in [9.17, 15) is 19.2 Å². The summed E-state index contributed by atoms with van der Waals surface area (Å²) in [7, 11) is 0. The maximum absolute atomic E-state index is 13.7. The molecule has 208 valence electrons. The molecule has 3 aromatic carbocycles. The summed E-state index contributed by atoms with van der Waals surface area (Å²) in [6.45, 7) is 0.000589. The van der Waals surface area contributed by atoms with Crippen molar-refractivity contribution in [2.45, 2.75) is 56.8 Å². The summed E-state index contributed by atoms with van der Waals surface area (Å²) in [6.07, 6.45) is 5.80. The van der Waals surface area contributed by atoms with Gasteiger partial charge in [-0.25, -0.2) is 0 Å². The largest absolute Gasteiger partial charge is 0.481 e. The van der Waals surface area contributed by atoms with Crippen molar-refractivity contribution in [1.29, 1.82) is 0 Å². The zero-order valence-electron chi connectivity index (χ0n) is 22.0. The minimum absolute atomic E-state index is 0.000589. The summed E-state index contributed by atoms with van der Waals surface area (Å²) in [6, 6.07) is 18.7. The monoisotopic (exact) mass is 579 g/mol. The van der Waals surface area contributed by atoms with Crippen LogP contribution < -0.4 is 5.32 Å². The van der Waals surface area contributed by atoms with Crippen LogP contribution in [0, 0.1) is 0 Å². The fourth-order valence-electron chi connectivity index (χ4n) is 5.19. The average molecular weight is 581 g/mol. The van der Waals surface area contributed by atoms with Crippen LogP contribution in [-0.4, -0.2) is 35.1 Å². The van der Waals surface area contributed by atoms with Gasteiger partial charge in [0.2, 0.25) is 0 Å². The van der Waals surface area contributed by atoms with E-state index in [4.69, 9.17) is 28.3 Å². The molecule has 0 bridgehead atoms. The summed E-state index contributed by atoms with van der Waals surface area (Å²) in [5.41, 5.74) is 2.95. The molecule has 1 saturated carbocycles. The molecule has 0 saturated heterocycles. The van der Waals surface area contributed by atoms with Crippen molar-refractivity contribution in [3.05, 3.63) is 105 Å². The number of rotatable bonds is 11. The Labute approximate surface area is 243 Å². The van der Waals surface area contributed by atoms with Gasteiger partial charge in [-0.3, -0.25) is 19.2 Å². The lowest BCUT2D eigenvalue weighted by molar-refractivity contribution is -0.136. The maximum Gasteiger partial charge on any atom is 0.305 e. The second-order valence-electron chi connectivity index (χ2n) is 10.2. The topological polar surface area (TPSA) is 101 Å². The Bertz CT molecular complexity index is 1360. The highest BCUT2D eigenvalue weighted by Gasteiger charge is 2.27. The Morgan fingerprint density at radius 3 is 2.00 bits per heavy atom. The van der Waals surface area contributed by atoms with Gasteiger partial charge in [-0.1, -0.05) is 78.9 Å². The van der Waals surface area contributed by atoms with E-state index in [0.29, 0.717) is 38.2 Å². The first kappa shape index (κ1) is 29.5. The fraction of sp³-hybridized carbons (Fsp3) is 0.312. The van der Waals surface area contributed by atoms with Crippen LogP contribution in [0.5, 0.6) is 0 Å². The normalized spacial score (nSPS) is 14.3. The van der Waals surface area contributed by atoms with Gasteiger partial charge in [0.15, 0.2) is 11.6 Å². The first-order chi connectivity index (χ1) is 19.2. The van der Waals surface area contributed by atoms with Crippen LogP contribution in [0.4, 0.5) is 0 Å². The molecule has 1 aliphatic carbocycles. The van der Waals surface area contributed by atoms with E-state index in [0.717, 1.165) is 0 Å². The standard InChI is InChI=1S/C32H31Cl2NO5/c33-26-16-25(17-27(34)18-26)31(39)28(22-8-12-24(13-9-22)32(40)35-15-14-30(37)38)19-29(36)23-10-6-21(7-11-23)20-4-2-1-3-5-20/h6-13,16-18,20,28H,1-5,14-15,19H2,(H,35,40)(H,37,38). The number of amides is 1. The van der Waals surface area contributed by atoms with Gasteiger partial charge in [-0.2, -0.15) is 0 Å². The third kappa shape index (κ3) is 7.80. The van der Waals surface area contributed by atoms with Crippen LogP contribution in [0.2, 0.25) is 10.0 Å². The Hall–Kier alpha value is -3.48. The second-order valence-corrected chi connectivity index (χ2v) is 11.1. The Kier molecular flexibility index (Phi) is 10.1. The molecular formula is C32H31Cl2NO5. The van der Waals surface area contributed by atoms with Crippen LogP contribution in [-0.2, 0) is 4.79 Å². The van der Waals surface area contributed by atoms with Crippen LogP contribution in [0.25, 0.3) is 0 Å². The summed E-state index contributed by atoms with van der Waals surface area (Å²) in [5.74, 6) is -2.21. The van der Waals surface area contributed by atoms with Gasteiger partial charge in [-0.05, 0) is 60.2 Å². The number of halogens is 2. The molecule has 0 aromatic heterocycles. The summed E-state index contributed by atoms with van der Waals surface area (Å²) < 4.78 is 0. The number of ketones is 2. The number of benzene rings is 3. The molecule has 2 N–H and O–H groups in total. The second kappa shape index (κ2) is 13.7. The van der Waals surface area contributed by atoms with Crippen molar-refractivity contribution < 1.29 is 24.3 Å². The van der Waals surface area contributed by atoms with E-state index in [1.165, 1.54) is 55.9 Å². The van der Waals surface area contributed by atoms with Gasteiger partial charge < -0.3 is 10.4 Å². The number of Topliss-reactive ketones (excluding diaryl/α,β-unsaturated/α-hetero) is 2. The van der Waals surface area contributed by atoms with Gasteiger partial charge in [-0.15, -0.1) is 0 Å². The molecule has 0 radical (unpaired) electrons. The van der Waals surface area contributed by atoms with Gasteiger partial charge in [0.25, 0.3) is 5.91 Å².